The van der Waals surface area contributed by atoms with Crippen LogP contribution in [0.2, 0.25) is 0 Å². The smallest absolute Gasteiger partial charge is 0.235 e. The van der Waals surface area contributed by atoms with Crippen LogP contribution in [0.15, 0.2) is 42.5 Å². The van der Waals surface area contributed by atoms with E-state index in [0.29, 0.717) is 29.4 Å². The first-order valence-electron chi connectivity index (χ1n) is 8.54. The quantitative estimate of drug-likeness (QED) is 0.613. The molecule has 0 aliphatic heterocycles. The molecule has 0 radical (unpaired) electrons. The first-order valence-corrected chi connectivity index (χ1v) is 8.54. The van der Waals surface area contributed by atoms with Gasteiger partial charge in [-0.2, -0.15) is 5.21 Å². The topological polar surface area (TPSA) is 111 Å². The van der Waals surface area contributed by atoms with Gasteiger partial charge in [0, 0.05) is 0 Å². The maximum atomic E-state index is 13.1. The second-order valence-electron chi connectivity index (χ2n) is 5.89. The monoisotopic (exact) mass is 383 g/mol. The minimum absolute atomic E-state index is 0.275. The highest BCUT2D eigenvalue weighted by atomic mass is 16.5. The lowest BCUT2D eigenvalue weighted by atomic mass is 9.96. The summed E-state index contributed by atoms with van der Waals surface area (Å²) in [6, 6.07) is 12.6. The van der Waals surface area contributed by atoms with Crippen molar-refractivity contribution in [2.45, 2.75) is 12.3 Å². The standard InChI is InChI=1S/C19H21N5O4/c1-26-13-8-9-16(27-2)12(10-13)11-14(18-21-23-24-22-18)19(25)20-15-6-4-5-7-17(15)28-3/h4-10,14H,11H2,1-3H3,(H,20,25)(H,21,22,23,24)/t14-/m1/s1. The van der Waals surface area contributed by atoms with Crippen LogP contribution in [0.1, 0.15) is 17.3 Å². The number of hydrogen-bond donors (Lipinski definition) is 2. The number of nitrogens with one attached hydrogen (secondary N) is 2. The van der Waals surface area contributed by atoms with Crippen LogP contribution in [0.25, 0.3) is 0 Å². The summed E-state index contributed by atoms with van der Waals surface area (Å²) in [5, 5.41) is 16.9. The molecule has 3 aromatic rings. The molecule has 0 aliphatic carbocycles. The van der Waals surface area contributed by atoms with E-state index < -0.39 is 5.92 Å². The highest BCUT2D eigenvalue weighted by Crippen LogP contribution is 2.30. The van der Waals surface area contributed by atoms with Gasteiger partial charge in [0.1, 0.15) is 23.2 Å². The van der Waals surface area contributed by atoms with Crippen LogP contribution >= 0.6 is 0 Å². The summed E-state index contributed by atoms with van der Waals surface area (Å²) >= 11 is 0. The molecule has 0 saturated heterocycles. The minimum Gasteiger partial charge on any atom is -0.497 e. The number of tetrazole rings is 1. The number of ether oxygens (including phenoxy) is 3. The summed E-state index contributed by atoms with van der Waals surface area (Å²) in [7, 11) is 4.70. The number of amides is 1. The SMILES string of the molecule is COc1ccc(OC)c(C[C@@H](C(=O)Nc2ccccc2OC)c2nn[nH]n2)c1. The number of para-hydroxylation sites is 2. The molecular weight excluding hydrogens is 362 g/mol. The Kier molecular flexibility index (Phi) is 6.05. The molecule has 2 aromatic carbocycles. The van der Waals surface area contributed by atoms with E-state index in [2.05, 4.69) is 25.9 Å². The zero-order valence-corrected chi connectivity index (χ0v) is 15.8. The molecule has 0 saturated carbocycles. The molecule has 0 bridgehead atoms. The van der Waals surface area contributed by atoms with Crippen molar-refractivity contribution in [2.24, 2.45) is 0 Å². The molecule has 0 spiro atoms. The van der Waals surface area contributed by atoms with Gasteiger partial charge < -0.3 is 19.5 Å². The van der Waals surface area contributed by atoms with Crippen molar-refractivity contribution in [2.75, 3.05) is 26.6 Å². The van der Waals surface area contributed by atoms with Gasteiger partial charge in [0.05, 0.1) is 27.0 Å². The predicted molar refractivity (Wildman–Crippen MR) is 102 cm³/mol. The van der Waals surface area contributed by atoms with Crippen molar-refractivity contribution in [1.29, 1.82) is 0 Å². The third kappa shape index (κ3) is 4.20. The number of carbonyl (C=O) groups excluding carboxylic acids is 1. The van der Waals surface area contributed by atoms with Gasteiger partial charge in [0.15, 0.2) is 5.82 Å². The number of anilines is 1. The summed E-state index contributed by atoms with van der Waals surface area (Å²) in [6.45, 7) is 0. The number of hydrogen-bond acceptors (Lipinski definition) is 7. The Labute approximate surface area is 162 Å². The first kappa shape index (κ1) is 19.2. The van der Waals surface area contributed by atoms with Crippen molar-refractivity contribution in [1.82, 2.24) is 20.6 Å². The Bertz CT molecular complexity index is 930. The van der Waals surface area contributed by atoms with Crippen molar-refractivity contribution in [3.05, 3.63) is 53.9 Å². The molecule has 0 aliphatic rings. The largest absolute Gasteiger partial charge is 0.497 e. The number of H-pyrrole nitrogens is 1. The van der Waals surface area contributed by atoms with Gasteiger partial charge in [-0.1, -0.05) is 17.3 Å². The van der Waals surface area contributed by atoms with Crippen LogP contribution in [0.5, 0.6) is 17.2 Å². The molecule has 3 rings (SSSR count). The predicted octanol–water partition coefficient (Wildman–Crippen LogP) is 2.19. The van der Waals surface area contributed by atoms with Crippen LogP contribution in [0.4, 0.5) is 5.69 Å². The third-order valence-electron chi connectivity index (χ3n) is 4.27. The van der Waals surface area contributed by atoms with E-state index in [-0.39, 0.29) is 11.7 Å². The lowest BCUT2D eigenvalue weighted by Gasteiger charge is -2.17. The van der Waals surface area contributed by atoms with Gasteiger partial charge in [-0.25, -0.2) is 0 Å². The lowest BCUT2D eigenvalue weighted by molar-refractivity contribution is -0.117. The third-order valence-corrected chi connectivity index (χ3v) is 4.27. The normalized spacial score (nSPS) is 11.5. The van der Waals surface area contributed by atoms with Crippen molar-refractivity contribution in [3.8, 4) is 17.2 Å². The summed E-state index contributed by atoms with van der Waals surface area (Å²) in [6.07, 6.45) is 0.293. The molecule has 28 heavy (non-hydrogen) atoms. The zero-order chi connectivity index (χ0) is 19.9. The van der Waals surface area contributed by atoms with Gasteiger partial charge in [-0.15, -0.1) is 10.2 Å². The van der Waals surface area contributed by atoms with Crippen LogP contribution in [0.3, 0.4) is 0 Å². The minimum atomic E-state index is -0.704. The number of nitrogens with zero attached hydrogens (tertiary/aromatic N) is 3. The Balaban J connectivity index is 1.91. The van der Waals surface area contributed by atoms with Crippen LogP contribution in [-0.2, 0) is 11.2 Å². The van der Waals surface area contributed by atoms with E-state index >= 15 is 0 Å². The van der Waals surface area contributed by atoms with Gasteiger partial charge in [0.2, 0.25) is 5.91 Å². The van der Waals surface area contributed by atoms with Gasteiger partial charge in [-0.3, -0.25) is 4.79 Å². The van der Waals surface area contributed by atoms with Crippen LogP contribution in [0, 0.1) is 0 Å². The molecular formula is C19H21N5O4. The Morgan fingerprint density at radius 3 is 2.54 bits per heavy atom. The van der Waals surface area contributed by atoms with Crippen molar-refractivity contribution < 1.29 is 19.0 Å². The van der Waals surface area contributed by atoms with Crippen molar-refractivity contribution >= 4 is 11.6 Å². The maximum absolute atomic E-state index is 13.1. The average molecular weight is 383 g/mol. The fraction of sp³-hybridized carbons (Fsp3) is 0.263. The second kappa shape index (κ2) is 8.85. The number of aromatic amines is 1. The zero-order valence-electron chi connectivity index (χ0n) is 15.8. The summed E-state index contributed by atoms with van der Waals surface area (Å²) in [4.78, 5) is 13.1. The maximum Gasteiger partial charge on any atom is 0.235 e. The fourth-order valence-electron chi connectivity index (χ4n) is 2.85. The molecule has 1 atom stereocenters. The van der Waals surface area contributed by atoms with Crippen molar-refractivity contribution in [3.63, 3.8) is 0 Å². The Morgan fingerprint density at radius 1 is 1.07 bits per heavy atom. The lowest BCUT2D eigenvalue weighted by Crippen LogP contribution is -2.24. The van der Waals surface area contributed by atoms with Crippen LogP contribution in [-0.4, -0.2) is 47.9 Å². The first-order chi connectivity index (χ1) is 13.7. The second-order valence-corrected chi connectivity index (χ2v) is 5.89. The Hall–Kier alpha value is -3.62. The molecule has 1 aromatic heterocycles. The molecule has 9 nitrogen and oxygen atoms in total. The van der Waals surface area contributed by atoms with E-state index in [1.54, 1.807) is 45.6 Å². The van der Waals surface area contributed by atoms with E-state index in [4.69, 9.17) is 14.2 Å². The Morgan fingerprint density at radius 2 is 1.86 bits per heavy atom. The van der Waals surface area contributed by atoms with E-state index in [1.165, 1.54) is 0 Å². The molecule has 2 N–H and O–H groups in total. The number of benzene rings is 2. The number of carbonyl (C=O) groups is 1. The van der Waals surface area contributed by atoms with E-state index in [9.17, 15) is 4.79 Å². The highest BCUT2D eigenvalue weighted by molar-refractivity contribution is 5.96. The number of aromatic nitrogens is 4. The molecule has 0 fully saturated rings. The van der Waals surface area contributed by atoms with Gasteiger partial charge in [0.25, 0.3) is 0 Å². The van der Waals surface area contributed by atoms with Crippen LogP contribution < -0.4 is 19.5 Å². The number of rotatable bonds is 8. The summed E-state index contributed by atoms with van der Waals surface area (Å²) in [5.41, 5.74) is 1.34. The number of methoxy groups -OCH3 is 3. The average Bonchev–Trinajstić information content (AvgIpc) is 3.26. The fourth-order valence-corrected chi connectivity index (χ4v) is 2.85. The molecule has 1 amide bonds. The summed E-state index contributed by atoms with van der Waals surface area (Å²) in [5.74, 6) is 1.13. The van der Waals surface area contributed by atoms with E-state index in [1.807, 2.05) is 18.2 Å². The van der Waals surface area contributed by atoms with E-state index in [0.717, 1.165) is 5.56 Å². The summed E-state index contributed by atoms with van der Waals surface area (Å²) < 4.78 is 16.0. The highest BCUT2D eigenvalue weighted by Gasteiger charge is 2.27. The molecule has 146 valence electrons. The molecule has 0 unspecified atom stereocenters. The van der Waals surface area contributed by atoms with Gasteiger partial charge in [-0.05, 0) is 42.3 Å². The molecule has 9 heteroatoms. The van der Waals surface area contributed by atoms with Gasteiger partial charge >= 0.3 is 0 Å². The molecule has 1 heterocycles.